The van der Waals surface area contributed by atoms with Gasteiger partial charge in [-0.1, -0.05) is 13.3 Å². The fourth-order valence-corrected chi connectivity index (χ4v) is 2.22. The van der Waals surface area contributed by atoms with Gasteiger partial charge in [0.2, 0.25) is 0 Å². The van der Waals surface area contributed by atoms with Crippen molar-refractivity contribution in [1.29, 1.82) is 0 Å². The van der Waals surface area contributed by atoms with Crippen LogP contribution in [0.4, 0.5) is 0 Å². The van der Waals surface area contributed by atoms with Crippen molar-refractivity contribution in [3.8, 4) is 0 Å². The third-order valence-electron chi connectivity index (χ3n) is 2.88. The molecule has 0 saturated carbocycles. The molecule has 0 N–H and O–H groups in total. The van der Waals surface area contributed by atoms with E-state index in [2.05, 4.69) is 24.3 Å². The van der Waals surface area contributed by atoms with Gasteiger partial charge in [-0.2, -0.15) is 0 Å². The first-order chi connectivity index (χ1) is 6.42. The molecule has 0 aromatic carbocycles. The van der Waals surface area contributed by atoms with E-state index < -0.39 is 0 Å². The van der Waals surface area contributed by atoms with Gasteiger partial charge in [0.1, 0.15) is 0 Å². The van der Waals surface area contributed by atoms with Crippen LogP contribution in [0.15, 0.2) is 12.4 Å². The summed E-state index contributed by atoms with van der Waals surface area (Å²) in [5.74, 6) is 0. The zero-order valence-corrected chi connectivity index (χ0v) is 8.34. The van der Waals surface area contributed by atoms with E-state index >= 15 is 0 Å². The molecule has 70 valence electrons. The Balaban J connectivity index is 2.34. The van der Waals surface area contributed by atoms with Gasteiger partial charge < -0.3 is 0 Å². The van der Waals surface area contributed by atoms with Gasteiger partial charge in [-0.25, -0.2) is 0 Å². The van der Waals surface area contributed by atoms with Crippen LogP contribution >= 0.6 is 0 Å². The highest BCUT2D eigenvalue weighted by atomic mass is 14.6. The molecule has 13 heavy (non-hydrogen) atoms. The molecule has 0 atom stereocenters. The molecule has 0 fully saturated rings. The van der Waals surface area contributed by atoms with E-state index in [0.29, 0.717) is 0 Å². The first-order valence-electron chi connectivity index (χ1n) is 5.36. The fraction of sp³-hybridized carbons (Fsp3) is 0.583. The summed E-state index contributed by atoms with van der Waals surface area (Å²) in [6, 6.07) is 0. The zero-order valence-electron chi connectivity index (χ0n) is 8.34. The first kappa shape index (κ1) is 8.74. The number of aryl methyl sites for hydroxylation is 2. The third-order valence-corrected chi connectivity index (χ3v) is 2.88. The summed E-state index contributed by atoms with van der Waals surface area (Å²) in [6.07, 6.45) is 11.8. The second-order valence-corrected chi connectivity index (χ2v) is 3.89. The van der Waals surface area contributed by atoms with Crippen LogP contribution in [0.5, 0.6) is 0 Å². The lowest BCUT2D eigenvalue weighted by Crippen LogP contribution is -2.07. The van der Waals surface area contributed by atoms with E-state index in [9.17, 15) is 0 Å². The number of rotatable bonds is 2. The van der Waals surface area contributed by atoms with E-state index in [4.69, 9.17) is 0 Å². The zero-order chi connectivity index (χ0) is 9.10. The molecule has 0 amide bonds. The Labute approximate surface area is 80.2 Å². The summed E-state index contributed by atoms with van der Waals surface area (Å²) in [4.78, 5) is 4.32. The normalized spacial score (nSPS) is 15.5. The maximum Gasteiger partial charge on any atom is 0.0302 e. The molecule has 0 radical (unpaired) electrons. The minimum atomic E-state index is 1.20. The predicted molar refractivity (Wildman–Crippen MR) is 54.9 cm³/mol. The Kier molecular flexibility index (Phi) is 2.62. The highest BCUT2D eigenvalue weighted by molar-refractivity contribution is 5.33. The molecule has 1 aliphatic carbocycles. The summed E-state index contributed by atoms with van der Waals surface area (Å²) in [6.45, 7) is 2.24. The highest BCUT2D eigenvalue weighted by Gasteiger charge is 2.12. The predicted octanol–water partition coefficient (Wildman–Crippen LogP) is 2.91. The molecule has 1 heteroatoms. The number of pyridine rings is 1. The molecule has 0 aliphatic heterocycles. The van der Waals surface area contributed by atoms with Gasteiger partial charge in [0.05, 0.1) is 0 Å². The van der Waals surface area contributed by atoms with Crippen LogP contribution in [0.1, 0.15) is 42.9 Å². The maximum absolute atomic E-state index is 4.32. The Morgan fingerprint density at radius 1 is 1.23 bits per heavy atom. The Bertz CT molecular complexity index is 291. The van der Waals surface area contributed by atoms with Crippen molar-refractivity contribution in [2.24, 2.45) is 0 Å². The molecular formula is C12H17N. The molecule has 0 spiro atoms. The molecule has 1 aliphatic rings. The minimum Gasteiger partial charge on any atom is -0.264 e. The van der Waals surface area contributed by atoms with Crippen LogP contribution in [0.25, 0.3) is 0 Å². The van der Waals surface area contributed by atoms with Crippen molar-refractivity contribution in [3.05, 3.63) is 29.1 Å². The average Bonchev–Trinajstić information content (AvgIpc) is 2.19. The molecule has 1 nitrogen and oxygen atoms in total. The number of hydrogen-bond donors (Lipinski definition) is 0. The number of aromatic nitrogens is 1. The molecule has 1 heterocycles. The van der Waals surface area contributed by atoms with E-state index in [1.54, 1.807) is 5.56 Å². The van der Waals surface area contributed by atoms with E-state index in [-0.39, 0.29) is 0 Å². The van der Waals surface area contributed by atoms with E-state index in [1.807, 2.05) is 0 Å². The number of hydrogen-bond acceptors (Lipinski definition) is 1. The quantitative estimate of drug-likeness (QED) is 0.673. The van der Waals surface area contributed by atoms with Crippen LogP contribution in [-0.2, 0) is 19.3 Å². The van der Waals surface area contributed by atoms with Gasteiger partial charge in [0.25, 0.3) is 0 Å². The molecule has 0 bridgehead atoms. The number of nitrogens with zero attached hydrogens (tertiary/aromatic N) is 1. The Morgan fingerprint density at radius 3 is 2.92 bits per heavy atom. The van der Waals surface area contributed by atoms with Crippen molar-refractivity contribution in [2.45, 2.75) is 45.4 Å². The van der Waals surface area contributed by atoms with Crippen molar-refractivity contribution in [2.75, 3.05) is 0 Å². The van der Waals surface area contributed by atoms with Crippen molar-refractivity contribution in [3.63, 3.8) is 0 Å². The standard InChI is InChI=1S/C12H17N/c1-2-5-10-8-13-9-11-6-3-4-7-12(10)11/h8-9H,2-7H2,1H3. The lowest BCUT2D eigenvalue weighted by molar-refractivity contribution is 0.671. The summed E-state index contributed by atoms with van der Waals surface area (Å²) < 4.78 is 0. The van der Waals surface area contributed by atoms with Gasteiger partial charge in [-0.05, 0) is 48.8 Å². The second kappa shape index (κ2) is 3.91. The average molecular weight is 175 g/mol. The summed E-state index contributed by atoms with van der Waals surface area (Å²) >= 11 is 0. The molecular weight excluding hydrogens is 158 g/mol. The van der Waals surface area contributed by atoms with Gasteiger partial charge in [0.15, 0.2) is 0 Å². The van der Waals surface area contributed by atoms with Crippen LogP contribution in [-0.4, -0.2) is 4.98 Å². The molecule has 1 aromatic heterocycles. The second-order valence-electron chi connectivity index (χ2n) is 3.89. The smallest absolute Gasteiger partial charge is 0.0302 e. The Morgan fingerprint density at radius 2 is 2.08 bits per heavy atom. The van der Waals surface area contributed by atoms with Crippen LogP contribution in [0.2, 0.25) is 0 Å². The van der Waals surface area contributed by atoms with Crippen LogP contribution in [0.3, 0.4) is 0 Å². The SMILES string of the molecule is CCCc1cncc2c1CCCC2. The summed E-state index contributed by atoms with van der Waals surface area (Å²) in [7, 11) is 0. The van der Waals surface area contributed by atoms with Gasteiger partial charge in [-0.15, -0.1) is 0 Å². The minimum absolute atomic E-state index is 1.20. The molecule has 0 unspecified atom stereocenters. The van der Waals surface area contributed by atoms with Crippen molar-refractivity contribution >= 4 is 0 Å². The fourth-order valence-electron chi connectivity index (χ4n) is 2.22. The first-order valence-corrected chi connectivity index (χ1v) is 5.36. The maximum atomic E-state index is 4.32. The lowest BCUT2D eigenvalue weighted by atomic mass is 9.89. The van der Waals surface area contributed by atoms with Gasteiger partial charge >= 0.3 is 0 Å². The van der Waals surface area contributed by atoms with Crippen molar-refractivity contribution < 1.29 is 0 Å². The topological polar surface area (TPSA) is 12.9 Å². The summed E-state index contributed by atoms with van der Waals surface area (Å²) in [5, 5.41) is 0. The highest BCUT2D eigenvalue weighted by Crippen LogP contribution is 2.23. The van der Waals surface area contributed by atoms with Gasteiger partial charge in [-0.3, -0.25) is 4.98 Å². The van der Waals surface area contributed by atoms with Gasteiger partial charge in [0, 0.05) is 12.4 Å². The van der Waals surface area contributed by atoms with Crippen LogP contribution in [0, 0.1) is 0 Å². The van der Waals surface area contributed by atoms with Crippen LogP contribution < -0.4 is 0 Å². The Hall–Kier alpha value is -0.850. The largest absolute Gasteiger partial charge is 0.264 e. The monoisotopic (exact) mass is 175 g/mol. The third kappa shape index (κ3) is 1.74. The van der Waals surface area contributed by atoms with E-state index in [0.717, 1.165) is 0 Å². The lowest BCUT2D eigenvalue weighted by Gasteiger charge is -2.18. The molecule has 2 rings (SSSR count). The molecule has 0 saturated heterocycles. The van der Waals surface area contributed by atoms with Crippen molar-refractivity contribution in [1.82, 2.24) is 4.98 Å². The molecule has 1 aromatic rings. The number of fused-ring (bicyclic) bond motifs is 1. The summed E-state index contributed by atoms with van der Waals surface area (Å²) in [5.41, 5.74) is 4.62. The van der Waals surface area contributed by atoms with E-state index in [1.165, 1.54) is 49.7 Å².